The van der Waals surface area contributed by atoms with Gasteiger partial charge in [0.2, 0.25) is 5.95 Å². The molecule has 0 bridgehead atoms. The molecule has 0 spiro atoms. The molecule has 3 heterocycles. The van der Waals surface area contributed by atoms with E-state index in [4.69, 9.17) is 4.74 Å². The van der Waals surface area contributed by atoms with Gasteiger partial charge < -0.3 is 10.1 Å². The number of thiophene rings is 1. The van der Waals surface area contributed by atoms with E-state index in [9.17, 15) is 0 Å². The molecule has 0 aliphatic heterocycles. The minimum Gasteiger partial charge on any atom is -0.374 e. The summed E-state index contributed by atoms with van der Waals surface area (Å²) in [6.45, 7) is 0.619. The predicted octanol–water partition coefficient (Wildman–Crippen LogP) is 3.40. The largest absolute Gasteiger partial charge is 0.374 e. The van der Waals surface area contributed by atoms with Crippen molar-refractivity contribution in [2.45, 2.75) is 6.10 Å². The van der Waals surface area contributed by atoms with Crippen molar-refractivity contribution in [1.29, 1.82) is 0 Å². The molecule has 0 saturated carbocycles. The molecule has 3 rings (SSSR count). The molecule has 0 aromatic carbocycles. The van der Waals surface area contributed by atoms with Crippen molar-refractivity contribution in [1.82, 2.24) is 15.0 Å². The second-order valence-corrected chi connectivity index (χ2v) is 5.61. The molecule has 0 amide bonds. The van der Waals surface area contributed by atoms with Crippen molar-refractivity contribution in [2.24, 2.45) is 0 Å². The molecule has 0 aliphatic rings. The Kier molecular flexibility index (Phi) is 4.72. The van der Waals surface area contributed by atoms with Gasteiger partial charge in [-0.15, -0.1) is 11.3 Å². The minimum absolute atomic E-state index is 0.00866. The van der Waals surface area contributed by atoms with Crippen LogP contribution < -0.4 is 5.32 Å². The predicted molar refractivity (Wildman–Crippen MR) is 87.8 cm³/mol. The van der Waals surface area contributed by atoms with Crippen molar-refractivity contribution < 1.29 is 4.74 Å². The van der Waals surface area contributed by atoms with Crippen LogP contribution >= 0.6 is 11.3 Å². The molecule has 1 atom stereocenters. The van der Waals surface area contributed by atoms with Gasteiger partial charge in [0.1, 0.15) is 6.10 Å². The molecule has 0 unspecified atom stereocenters. The second-order valence-electron chi connectivity index (χ2n) is 4.63. The molecule has 6 heteroatoms. The quantitative estimate of drug-likeness (QED) is 0.756. The Morgan fingerprint density at radius 1 is 1.23 bits per heavy atom. The first-order chi connectivity index (χ1) is 10.9. The van der Waals surface area contributed by atoms with Crippen LogP contribution in [0.15, 0.2) is 54.3 Å². The lowest BCUT2D eigenvalue weighted by Crippen LogP contribution is -2.15. The summed E-state index contributed by atoms with van der Waals surface area (Å²) in [5.41, 5.74) is 1.81. The maximum absolute atomic E-state index is 5.51. The molecule has 5 nitrogen and oxygen atoms in total. The highest BCUT2D eigenvalue weighted by molar-refractivity contribution is 7.10. The fraction of sp³-hybridized carbons (Fsp3) is 0.188. The number of aromatic nitrogens is 3. The molecular weight excluding hydrogens is 296 g/mol. The van der Waals surface area contributed by atoms with Crippen molar-refractivity contribution >= 4 is 17.3 Å². The van der Waals surface area contributed by atoms with E-state index >= 15 is 0 Å². The van der Waals surface area contributed by atoms with Crippen LogP contribution in [-0.2, 0) is 4.74 Å². The number of ether oxygens (including phenoxy) is 1. The Labute approximate surface area is 133 Å². The third-order valence-electron chi connectivity index (χ3n) is 3.20. The molecule has 3 aromatic heterocycles. The van der Waals surface area contributed by atoms with Gasteiger partial charge in [-0.05, 0) is 29.6 Å². The zero-order valence-corrected chi connectivity index (χ0v) is 13.0. The zero-order chi connectivity index (χ0) is 15.2. The summed E-state index contributed by atoms with van der Waals surface area (Å²) in [5, 5.41) is 5.28. The fourth-order valence-electron chi connectivity index (χ4n) is 2.08. The van der Waals surface area contributed by atoms with Crippen LogP contribution in [0, 0.1) is 0 Å². The lowest BCUT2D eigenvalue weighted by atomic mass is 10.2. The molecule has 0 radical (unpaired) electrons. The average Bonchev–Trinajstić information content (AvgIpc) is 3.11. The van der Waals surface area contributed by atoms with E-state index in [0.29, 0.717) is 12.5 Å². The van der Waals surface area contributed by atoms with E-state index in [-0.39, 0.29) is 6.10 Å². The summed E-state index contributed by atoms with van der Waals surface area (Å²) >= 11 is 1.68. The van der Waals surface area contributed by atoms with Crippen LogP contribution in [0.5, 0.6) is 0 Å². The number of nitrogens with zero attached hydrogens (tertiary/aromatic N) is 3. The molecule has 1 N–H and O–H groups in total. The Balaban J connectivity index is 1.71. The maximum atomic E-state index is 5.51. The summed E-state index contributed by atoms with van der Waals surface area (Å²) in [6, 6.07) is 9.82. The van der Waals surface area contributed by atoms with Crippen molar-refractivity contribution in [3.8, 4) is 11.3 Å². The van der Waals surface area contributed by atoms with E-state index in [0.717, 1.165) is 11.3 Å². The SMILES string of the molecule is CO[C@H](CNc1nccc(-c2cccnc2)n1)c1cccs1. The van der Waals surface area contributed by atoms with Gasteiger partial charge in [0, 0.05) is 42.7 Å². The van der Waals surface area contributed by atoms with Crippen LogP contribution in [0.1, 0.15) is 11.0 Å². The highest BCUT2D eigenvalue weighted by atomic mass is 32.1. The first kappa shape index (κ1) is 14.6. The van der Waals surface area contributed by atoms with Gasteiger partial charge in [-0.25, -0.2) is 9.97 Å². The number of anilines is 1. The number of hydrogen-bond donors (Lipinski definition) is 1. The van der Waals surface area contributed by atoms with Crippen LogP contribution in [0.25, 0.3) is 11.3 Å². The van der Waals surface area contributed by atoms with E-state index in [1.165, 1.54) is 4.88 Å². The number of hydrogen-bond acceptors (Lipinski definition) is 6. The minimum atomic E-state index is -0.00866. The van der Waals surface area contributed by atoms with Crippen molar-refractivity contribution in [2.75, 3.05) is 19.0 Å². The fourth-order valence-corrected chi connectivity index (χ4v) is 2.88. The van der Waals surface area contributed by atoms with Crippen LogP contribution in [0.2, 0.25) is 0 Å². The van der Waals surface area contributed by atoms with Crippen molar-refractivity contribution in [3.05, 3.63) is 59.2 Å². The summed E-state index contributed by atoms with van der Waals surface area (Å²) in [5.74, 6) is 0.583. The summed E-state index contributed by atoms with van der Waals surface area (Å²) < 4.78 is 5.51. The third-order valence-corrected chi connectivity index (χ3v) is 4.17. The van der Waals surface area contributed by atoms with E-state index in [2.05, 4.69) is 26.3 Å². The molecule has 3 aromatic rings. The smallest absolute Gasteiger partial charge is 0.223 e. The second kappa shape index (κ2) is 7.11. The standard InChI is InChI=1S/C16H16N4OS/c1-21-14(15-5-3-9-22-15)11-19-16-18-8-6-13(20-16)12-4-2-7-17-10-12/h2-10,14H,11H2,1H3,(H,18,19,20)/t14-/m1/s1. The highest BCUT2D eigenvalue weighted by Crippen LogP contribution is 2.22. The van der Waals surface area contributed by atoms with Gasteiger partial charge in [0.15, 0.2) is 0 Å². The Morgan fingerprint density at radius 2 is 2.18 bits per heavy atom. The van der Waals surface area contributed by atoms with Gasteiger partial charge in [-0.2, -0.15) is 0 Å². The number of rotatable bonds is 6. The summed E-state index contributed by atoms with van der Waals surface area (Å²) in [7, 11) is 1.71. The van der Waals surface area contributed by atoms with E-state index in [1.807, 2.05) is 29.6 Å². The Bertz CT molecular complexity index is 703. The van der Waals surface area contributed by atoms with E-state index < -0.39 is 0 Å². The van der Waals surface area contributed by atoms with Crippen molar-refractivity contribution in [3.63, 3.8) is 0 Å². The normalized spacial score (nSPS) is 12.0. The Morgan fingerprint density at radius 3 is 2.91 bits per heavy atom. The first-order valence-corrected chi connectivity index (χ1v) is 7.78. The molecule has 22 heavy (non-hydrogen) atoms. The highest BCUT2D eigenvalue weighted by Gasteiger charge is 2.12. The third kappa shape index (κ3) is 3.47. The van der Waals surface area contributed by atoms with Gasteiger partial charge in [-0.1, -0.05) is 6.07 Å². The topological polar surface area (TPSA) is 59.9 Å². The molecule has 0 aliphatic carbocycles. The van der Waals surface area contributed by atoms with E-state index in [1.54, 1.807) is 37.0 Å². The van der Waals surface area contributed by atoms with Crippen LogP contribution in [0.3, 0.4) is 0 Å². The lowest BCUT2D eigenvalue weighted by molar-refractivity contribution is 0.117. The monoisotopic (exact) mass is 312 g/mol. The van der Waals surface area contributed by atoms with Gasteiger partial charge in [-0.3, -0.25) is 4.98 Å². The molecule has 112 valence electrons. The maximum Gasteiger partial charge on any atom is 0.223 e. The molecule has 0 fully saturated rings. The molecule has 0 saturated heterocycles. The molecular formula is C16H16N4OS. The van der Waals surface area contributed by atoms with Crippen LogP contribution in [0.4, 0.5) is 5.95 Å². The number of pyridine rings is 1. The van der Waals surface area contributed by atoms with Crippen LogP contribution in [-0.4, -0.2) is 28.6 Å². The Hall–Kier alpha value is -2.31. The lowest BCUT2D eigenvalue weighted by Gasteiger charge is -2.14. The summed E-state index contributed by atoms with van der Waals surface area (Å²) in [4.78, 5) is 14.1. The number of methoxy groups -OCH3 is 1. The number of nitrogens with one attached hydrogen (secondary N) is 1. The van der Waals surface area contributed by atoms with Gasteiger partial charge >= 0.3 is 0 Å². The van der Waals surface area contributed by atoms with Gasteiger partial charge in [0.25, 0.3) is 0 Å². The van der Waals surface area contributed by atoms with Gasteiger partial charge in [0.05, 0.1) is 5.69 Å². The first-order valence-electron chi connectivity index (χ1n) is 6.90. The average molecular weight is 312 g/mol. The zero-order valence-electron chi connectivity index (χ0n) is 12.1. The summed E-state index contributed by atoms with van der Waals surface area (Å²) in [6.07, 6.45) is 5.26.